The summed E-state index contributed by atoms with van der Waals surface area (Å²) in [6, 6.07) is 10.7. The third kappa shape index (κ3) is 6.98. The van der Waals surface area contributed by atoms with Crippen molar-refractivity contribution in [2.24, 2.45) is 4.36 Å². The fourth-order valence-corrected chi connectivity index (χ4v) is 4.72. The van der Waals surface area contributed by atoms with Gasteiger partial charge in [0.1, 0.15) is 5.82 Å². The molecule has 11 heteroatoms. The highest BCUT2D eigenvalue weighted by molar-refractivity contribution is 7.93. The number of rotatable bonds is 10. The van der Waals surface area contributed by atoms with Crippen molar-refractivity contribution in [1.82, 2.24) is 9.97 Å². The molecule has 0 saturated heterocycles. The number of aliphatic hydroxyl groups is 1. The Morgan fingerprint density at radius 3 is 2.70 bits per heavy atom. The van der Waals surface area contributed by atoms with E-state index in [4.69, 9.17) is 9.84 Å². The Morgan fingerprint density at radius 2 is 2.03 bits per heavy atom. The zero-order valence-electron chi connectivity index (χ0n) is 18.5. The van der Waals surface area contributed by atoms with Crippen LogP contribution in [0.1, 0.15) is 19.8 Å². The Balaban J connectivity index is 1.78. The molecule has 0 radical (unpaired) electrons. The second-order valence-corrected chi connectivity index (χ2v) is 10.2. The SMILES string of the molecule is CCOC(=O)N=S(C)(=O)c1ccc(Nc2ncc(-c3cccs3)c(NCCCCO)n2)cc1. The first kappa shape index (κ1) is 24.6. The van der Waals surface area contributed by atoms with E-state index >= 15 is 0 Å². The molecule has 0 saturated carbocycles. The van der Waals surface area contributed by atoms with Gasteiger partial charge in [0.05, 0.1) is 21.9 Å². The molecule has 33 heavy (non-hydrogen) atoms. The van der Waals surface area contributed by atoms with Crippen molar-refractivity contribution in [3.63, 3.8) is 0 Å². The number of nitrogens with one attached hydrogen (secondary N) is 2. The molecule has 1 atom stereocenters. The van der Waals surface area contributed by atoms with Gasteiger partial charge in [0.25, 0.3) is 0 Å². The first-order valence-corrected chi connectivity index (χ1v) is 13.2. The third-order valence-corrected chi connectivity index (χ3v) is 7.06. The smallest absolute Gasteiger partial charge is 0.442 e. The van der Waals surface area contributed by atoms with Crippen molar-refractivity contribution in [2.75, 3.05) is 36.6 Å². The van der Waals surface area contributed by atoms with Crippen molar-refractivity contribution in [3.8, 4) is 10.4 Å². The van der Waals surface area contributed by atoms with Gasteiger partial charge in [-0.25, -0.2) is 14.0 Å². The van der Waals surface area contributed by atoms with Gasteiger partial charge < -0.3 is 20.5 Å². The fraction of sp³-hybridized carbons (Fsp3) is 0.318. The summed E-state index contributed by atoms with van der Waals surface area (Å²) in [5.41, 5.74) is 1.60. The molecule has 0 bridgehead atoms. The Kier molecular flexibility index (Phi) is 8.75. The van der Waals surface area contributed by atoms with Crippen molar-refractivity contribution >= 4 is 44.6 Å². The highest BCUT2D eigenvalue weighted by Crippen LogP contribution is 2.31. The summed E-state index contributed by atoms with van der Waals surface area (Å²) in [6.45, 7) is 2.67. The summed E-state index contributed by atoms with van der Waals surface area (Å²) >= 11 is 1.61. The highest BCUT2D eigenvalue weighted by Gasteiger charge is 2.12. The zero-order valence-corrected chi connectivity index (χ0v) is 20.1. The van der Waals surface area contributed by atoms with Crippen molar-refractivity contribution in [1.29, 1.82) is 0 Å². The molecule has 1 aromatic carbocycles. The maximum Gasteiger partial charge on any atom is 0.442 e. The summed E-state index contributed by atoms with van der Waals surface area (Å²) in [6.07, 6.45) is 3.86. The Labute approximate surface area is 197 Å². The van der Waals surface area contributed by atoms with Crippen molar-refractivity contribution < 1.29 is 18.8 Å². The molecule has 0 aliphatic rings. The van der Waals surface area contributed by atoms with E-state index in [0.29, 0.717) is 35.3 Å². The fourth-order valence-electron chi connectivity index (χ4n) is 2.90. The van der Waals surface area contributed by atoms with Gasteiger partial charge in [0.15, 0.2) is 0 Å². The number of nitrogens with zero attached hydrogens (tertiary/aromatic N) is 3. The molecule has 1 unspecified atom stereocenters. The quantitative estimate of drug-likeness (QED) is 0.349. The molecule has 0 aliphatic heterocycles. The maximum absolute atomic E-state index is 12.7. The van der Waals surface area contributed by atoms with Crippen LogP contribution >= 0.6 is 11.3 Å². The number of hydrogen-bond acceptors (Lipinski definition) is 9. The summed E-state index contributed by atoms with van der Waals surface area (Å²) in [5.74, 6) is 1.11. The van der Waals surface area contributed by atoms with E-state index in [1.165, 1.54) is 6.26 Å². The molecular weight excluding hydrogens is 462 g/mol. The molecule has 3 aromatic rings. The number of unbranched alkanes of at least 4 members (excludes halogenated alkanes) is 1. The van der Waals surface area contributed by atoms with E-state index in [0.717, 1.165) is 16.9 Å². The summed E-state index contributed by atoms with van der Waals surface area (Å²) in [4.78, 5) is 22.1. The number of carbonyl (C=O) groups is 1. The molecule has 9 nitrogen and oxygen atoms in total. The minimum absolute atomic E-state index is 0.156. The van der Waals surface area contributed by atoms with Gasteiger partial charge in [-0.1, -0.05) is 6.07 Å². The lowest BCUT2D eigenvalue weighted by atomic mass is 10.2. The standard InChI is InChI=1S/C22H27N5O4S2/c1-3-31-22(29)27-33(2,30)17-10-8-16(9-11-17)25-21-24-15-18(19-7-6-14-32-19)20(26-21)23-12-4-5-13-28/h6-11,14-15,28H,3-5,12-13H2,1-2H3,(H2,23,24,25,26). The lowest BCUT2D eigenvalue weighted by Crippen LogP contribution is -2.08. The van der Waals surface area contributed by atoms with Gasteiger partial charge in [0.2, 0.25) is 5.95 Å². The van der Waals surface area contributed by atoms with E-state index < -0.39 is 15.8 Å². The van der Waals surface area contributed by atoms with E-state index in [2.05, 4.69) is 25.0 Å². The molecule has 3 rings (SSSR count). The monoisotopic (exact) mass is 489 g/mol. The summed E-state index contributed by atoms with van der Waals surface area (Å²) in [7, 11) is -2.91. The molecule has 3 N–H and O–H groups in total. The van der Waals surface area contributed by atoms with Crippen molar-refractivity contribution in [3.05, 3.63) is 48.0 Å². The van der Waals surface area contributed by atoms with E-state index in [9.17, 15) is 9.00 Å². The van der Waals surface area contributed by atoms with Crippen LogP contribution in [0.15, 0.2) is 57.2 Å². The van der Waals surface area contributed by atoms with Gasteiger partial charge in [-0.2, -0.15) is 4.98 Å². The van der Waals surface area contributed by atoms with Crippen LogP contribution in [0, 0.1) is 0 Å². The Hall–Kier alpha value is -3.02. The molecular formula is C22H27N5O4S2. The number of benzene rings is 1. The van der Waals surface area contributed by atoms with Gasteiger partial charge in [-0.05, 0) is 55.5 Å². The first-order chi connectivity index (χ1) is 15.9. The molecule has 0 spiro atoms. The van der Waals surface area contributed by atoms with Crippen LogP contribution in [0.25, 0.3) is 10.4 Å². The Bertz CT molecular complexity index is 1170. The molecule has 2 aromatic heterocycles. The molecule has 176 valence electrons. The second-order valence-electron chi connectivity index (χ2n) is 7.03. The van der Waals surface area contributed by atoms with Crippen molar-refractivity contribution in [2.45, 2.75) is 24.7 Å². The highest BCUT2D eigenvalue weighted by atomic mass is 32.2. The van der Waals surface area contributed by atoms with Crippen LogP contribution < -0.4 is 10.6 Å². The first-order valence-electron chi connectivity index (χ1n) is 10.4. The average molecular weight is 490 g/mol. The van der Waals surface area contributed by atoms with Crippen LogP contribution in [0.4, 0.5) is 22.2 Å². The van der Waals surface area contributed by atoms with E-state index in [1.807, 2.05) is 17.5 Å². The normalized spacial score (nSPS) is 12.6. The molecule has 2 heterocycles. The number of thiophene rings is 1. The van der Waals surface area contributed by atoms with Crippen LogP contribution in [0.2, 0.25) is 0 Å². The number of aromatic nitrogens is 2. The van der Waals surface area contributed by atoms with Crippen LogP contribution in [0.5, 0.6) is 0 Å². The molecule has 0 fully saturated rings. The molecule has 0 aliphatic carbocycles. The predicted octanol–water partition coefficient (Wildman–Crippen LogP) is 4.75. The maximum atomic E-state index is 12.7. The number of ether oxygens (including phenoxy) is 1. The number of hydrogen-bond donors (Lipinski definition) is 3. The number of carbonyl (C=O) groups excluding carboxylic acids is 1. The van der Waals surface area contributed by atoms with Gasteiger partial charge in [-0.3, -0.25) is 0 Å². The number of anilines is 3. The van der Waals surface area contributed by atoms with Crippen LogP contribution in [-0.2, 0) is 14.5 Å². The predicted molar refractivity (Wildman–Crippen MR) is 132 cm³/mol. The number of amides is 1. The topological polar surface area (TPSA) is 126 Å². The van der Waals surface area contributed by atoms with Gasteiger partial charge in [-0.15, -0.1) is 15.7 Å². The summed E-state index contributed by atoms with van der Waals surface area (Å²) < 4.78 is 21.2. The molecule has 1 amide bonds. The minimum Gasteiger partial charge on any atom is -0.448 e. The second kappa shape index (κ2) is 11.7. The van der Waals surface area contributed by atoms with E-state index in [-0.39, 0.29) is 13.2 Å². The lowest BCUT2D eigenvalue weighted by Gasteiger charge is -2.12. The van der Waals surface area contributed by atoms with Crippen LogP contribution in [0.3, 0.4) is 0 Å². The minimum atomic E-state index is -2.91. The summed E-state index contributed by atoms with van der Waals surface area (Å²) in [5, 5.41) is 17.5. The lowest BCUT2D eigenvalue weighted by molar-refractivity contribution is 0.164. The number of aliphatic hydroxyl groups excluding tert-OH is 1. The zero-order chi connectivity index (χ0) is 23.7. The van der Waals surface area contributed by atoms with E-state index in [1.54, 1.807) is 48.7 Å². The van der Waals surface area contributed by atoms with Crippen LogP contribution in [-0.4, -0.2) is 51.4 Å². The van der Waals surface area contributed by atoms with Gasteiger partial charge >= 0.3 is 6.09 Å². The largest absolute Gasteiger partial charge is 0.448 e. The average Bonchev–Trinajstić information content (AvgIpc) is 3.32. The third-order valence-electron chi connectivity index (χ3n) is 4.52. The Morgan fingerprint density at radius 1 is 1.24 bits per heavy atom. The van der Waals surface area contributed by atoms with Gasteiger partial charge in [0, 0.05) is 41.1 Å².